The zero-order valence-electron chi connectivity index (χ0n) is 16.2. The molecule has 3 rings (SSSR count). The van der Waals surface area contributed by atoms with E-state index in [9.17, 15) is 13.2 Å². The van der Waals surface area contributed by atoms with Gasteiger partial charge < -0.3 is 15.8 Å². The summed E-state index contributed by atoms with van der Waals surface area (Å²) >= 11 is 0. The molecule has 3 N–H and O–H groups in total. The van der Waals surface area contributed by atoms with Crippen LogP contribution in [0.3, 0.4) is 0 Å². The summed E-state index contributed by atoms with van der Waals surface area (Å²) in [6.07, 6.45) is 2.48. The van der Waals surface area contributed by atoms with Gasteiger partial charge in [0.25, 0.3) is 0 Å². The number of nitrogens with zero attached hydrogens (tertiary/aromatic N) is 1. The third-order valence-corrected chi connectivity index (χ3v) is 7.68. The van der Waals surface area contributed by atoms with E-state index in [4.69, 9.17) is 10.5 Å². The Labute approximate surface area is 173 Å². The highest BCUT2D eigenvalue weighted by Gasteiger charge is 2.40. The van der Waals surface area contributed by atoms with Gasteiger partial charge in [-0.3, -0.25) is 4.79 Å². The number of halogens is 1. The van der Waals surface area contributed by atoms with Gasteiger partial charge in [0.15, 0.2) is 0 Å². The van der Waals surface area contributed by atoms with Crippen molar-refractivity contribution in [2.75, 3.05) is 32.8 Å². The van der Waals surface area contributed by atoms with Crippen LogP contribution in [0.4, 0.5) is 0 Å². The first-order valence-corrected chi connectivity index (χ1v) is 11.0. The van der Waals surface area contributed by atoms with Crippen molar-refractivity contribution >= 4 is 28.3 Å². The Kier molecular flexibility index (Phi) is 7.87. The molecule has 7 nitrogen and oxygen atoms in total. The number of benzene rings is 1. The van der Waals surface area contributed by atoms with E-state index in [1.165, 1.54) is 4.31 Å². The molecule has 0 spiro atoms. The minimum Gasteiger partial charge on any atom is -0.381 e. The van der Waals surface area contributed by atoms with E-state index in [0.717, 1.165) is 5.56 Å². The zero-order chi connectivity index (χ0) is 19.5. The van der Waals surface area contributed by atoms with Crippen LogP contribution in [-0.4, -0.2) is 57.5 Å². The summed E-state index contributed by atoms with van der Waals surface area (Å²) in [5, 5.41) is 3.10. The van der Waals surface area contributed by atoms with E-state index in [1.807, 2.05) is 6.92 Å². The third kappa shape index (κ3) is 4.86. The molecule has 0 saturated carbocycles. The van der Waals surface area contributed by atoms with Crippen LogP contribution in [0, 0.1) is 12.3 Å². The lowest BCUT2D eigenvalue weighted by molar-refractivity contribution is -0.136. The molecule has 0 aromatic heterocycles. The molecule has 0 radical (unpaired) electrons. The van der Waals surface area contributed by atoms with Crippen LogP contribution in [0.2, 0.25) is 0 Å². The Morgan fingerprint density at radius 3 is 2.32 bits per heavy atom. The van der Waals surface area contributed by atoms with Gasteiger partial charge in [0, 0.05) is 38.9 Å². The van der Waals surface area contributed by atoms with Crippen LogP contribution in [0.15, 0.2) is 29.2 Å². The smallest absolute Gasteiger partial charge is 0.243 e. The number of nitrogens with two attached hydrogens (primary N) is 1. The third-order valence-electron chi connectivity index (χ3n) is 5.77. The molecule has 1 amide bonds. The summed E-state index contributed by atoms with van der Waals surface area (Å²) in [7, 11) is -3.48. The maximum atomic E-state index is 12.8. The second kappa shape index (κ2) is 9.54. The second-order valence-electron chi connectivity index (χ2n) is 7.56. The van der Waals surface area contributed by atoms with Crippen LogP contribution < -0.4 is 11.1 Å². The minimum absolute atomic E-state index is 0. The van der Waals surface area contributed by atoms with Gasteiger partial charge in [-0.05, 0) is 44.7 Å². The first kappa shape index (κ1) is 23.1. The largest absolute Gasteiger partial charge is 0.381 e. The van der Waals surface area contributed by atoms with Gasteiger partial charge in [0.05, 0.1) is 10.3 Å². The second-order valence-corrected chi connectivity index (χ2v) is 9.50. The lowest BCUT2D eigenvalue weighted by Gasteiger charge is -2.37. The SMILES string of the molecule is Cc1ccc(S(=O)(=O)N2CCC(NC(=O)C3(CN)CCOCC3)CC2)cc1.Cl. The van der Waals surface area contributed by atoms with E-state index in [2.05, 4.69) is 5.32 Å². The standard InChI is InChI=1S/C19H29N3O4S.ClH/c1-15-2-4-17(5-3-15)27(24,25)22-10-6-16(7-11-22)21-18(23)19(14-20)8-12-26-13-9-19;/h2-5,16H,6-14,20H2,1H3,(H,21,23);1H. The predicted octanol–water partition coefficient (Wildman–Crippen LogP) is 1.44. The fourth-order valence-electron chi connectivity index (χ4n) is 3.72. The van der Waals surface area contributed by atoms with Gasteiger partial charge >= 0.3 is 0 Å². The van der Waals surface area contributed by atoms with Crippen LogP contribution in [-0.2, 0) is 19.6 Å². The molecule has 28 heavy (non-hydrogen) atoms. The van der Waals surface area contributed by atoms with Crippen molar-refractivity contribution < 1.29 is 17.9 Å². The molecule has 2 heterocycles. The Balaban J connectivity index is 0.00000280. The van der Waals surface area contributed by atoms with E-state index < -0.39 is 15.4 Å². The number of aryl methyl sites for hydroxylation is 1. The Hall–Kier alpha value is -1.19. The van der Waals surface area contributed by atoms with Gasteiger partial charge in [-0.15, -0.1) is 12.4 Å². The van der Waals surface area contributed by atoms with Crippen molar-refractivity contribution in [1.29, 1.82) is 0 Å². The Bertz CT molecular complexity index is 756. The molecule has 9 heteroatoms. The highest BCUT2D eigenvalue weighted by Crippen LogP contribution is 2.30. The first-order valence-electron chi connectivity index (χ1n) is 9.53. The highest BCUT2D eigenvalue weighted by molar-refractivity contribution is 7.89. The van der Waals surface area contributed by atoms with Crippen molar-refractivity contribution in [3.05, 3.63) is 29.8 Å². The summed E-state index contributed by atoms with van der Waals surface area (Å²) in [6.45, 7) is 4.15. The highest BCUT2D eigenvalue weighted by atomic mass is 35.5. The molecule has 2 aliphatic rings. The number of nitrogens with one attached hydrogen (secondary N) is 1. The quantitative estimate of drug-likeness (QED) is 0.734. The van der Waals surface area contributed by atoms with Gasteiger partial charge in [-0.2, -0.15) is 4.31 Å². The molecular formula is C19H30ClN3O4S. The summed E-state index contributed by atoms with van der Waals surface area (Å²) in [5.41, 5.74) is 6.37. The summed E-state index contributed by atoms with van der Waals surface area (Å²) in [5.74, 6) is -0.0202. The maximum absolute atomic E-state index is 12.8. The lowest BCUT2D eigenvalue weighted by atomic mass is 9.79. The normalized spacial score (nSPS) is 20.9. The van der Waals surface area contributed by atoms with Gasteiger partial charge in [0.2, 0.25) is 15.9 Å². The molecule has 0 unspecified atom stereocenters. The molecule has 0 atom stereocenters. The van der Waals surface area contributed by atoms with Crippen LogP contribution in [0.1, 0.15) is 31.2 Å². The van der Waals surface area contributed by atoms with Crippen molar-refractivity contribution in [3.8, 4) is 0 Å². The molecular weight excluding hydrogens is 402 g/mol. The fourth-order valence-corrected chi connectivity index (χ4v) is 5.19. The number of ether oxygens (including phenoxy) is 1. The Morgan fingerprint density at radius 1 is 1.21 bits per heavy atom. The molecule has 0 bridgehead atoms. The lowest BCUT2D eigenvalue weighted by Crippen LogP contribution is -2.54. The number of sulfonamides is 1. The van der Waals surface area contributed by atoms with E-state index in [1.54, 1.807) is 24.3 Å². The Morgan fingerprint density at radius 2 is 1.79 bits per heavy atom. The predicted molar refractivity (Wildman–Crippen MR) is 110 cm³/mol. The number of carbonyl (C=O) groups excluding carboxylic acids is 1. The van der Waals surface area contributed by atoms with Crippen LogP contribution >= 0.6 is 12.4 Å². The zero-order valence-corrected chi connectivity index (χ0v) is 17.9. The maximum Gasteiger partial charge on any atom is 0.243 e. The average Bonchev–Trinajstić information content (AvgIpc) is 2.69. The molecule has 2 aliphatic heterocycles. The van der Waals surface area contributed by atoms with E-state index in [0.29, 0.717) is 63.4 Å². The molecule has 1 aromatic carbocycles. The number of hydrogen-bond donors (Lipinski definition) is 2. The molecule has 0 aliphatic carbocycles. The number of piperidine rings is 1. The minimum atomic E-state index is -3.48. The average molecular weight is 432 g/mol. The first-order chi connectivity index (χ1) is 12.9. The van der Waals surface area contributed by atoms with Crippen molar-refractivity contribution in [3.63, 3.8) is 0 Å². The summed E-state index contributed by atoms with van der Waals surface area (Å²) < 4.78 is 32.4. The molecule has 1 aromatic rings. The van der Waals surface area contributed by atoms with Crippen molar-refractivity contribution in [1.82, 2.24) is 9.62 Å². The van der Waals surface area contributed by atoms with Crippen molar-refractivity contribution in [2.24, 2.45) is 11.1 Å². The van der Waals surface area contributed by atoms with Crippen molar-refractivity contribution in [2.45, 2.75) is 43.5 Å². The van der Waals surface area contributed by atoms with Crippen LogP contribution in [0.25, 0.3) is 0 Å². The van der Waals surface area contributed by atoms with Gasteiger partial charge in [-0.25, -0.2) is 8.42 Å². The molecule has 158 valence electrons. The number of carbonyl (C=O) groups is 1. The fraction of sp³-hybridized carbons (Fsp3) is 0.632. The van der Waals surface area contributed by atoms with Gasteiger partial charge in [-0.1, -0.05) is 17.7 Å². The molecule has 2 fully saturated rings. The summed E-state index contributed by atoms with van der Waals surface area (Å²) in [4.78, 5) is 13.1. The topological polar surface area (TPSA) is 102 Å². The van der Waals surface area contributed by atoms with Gasteiger partial charge in [0.1, 0.15) is 0 Å². The number of hydrogen-bond acceptors (Lipinski definition) is 5. The summed E-state index contributed by atoms with van der Waals surface area (Å²) in [6, 6.07) is 6.89. The molecule has 2 saturated heterocycles. The van der Waals surface area contributed by atoms with E-state index in [-0.39, 0.29) is 24.4 Å². The van der Waals surface area contributed by atoms with E-state index >= 15 is 0 Å². The monoisotopic (exact) mass is 431 g/mol. The van der Waals surface area contributed by atoms with Crippen LogP contribution in [0.5, 0.6) is 0 Å². The number of rotatable bonds is 5. The number of amides is 1.